The Hall–Kier alpha value is -2.98. The second-order valence-corrected chi connectivity index (χ2v) is 7.89. The Bertz CT molecular complexity index is 1050. The van der Waals surface area contributed by atoms with Crippen molar-refractivity contribution >= 4 is 15.8 Å². The first-order valence-corrected chi connectivity index (χ1v) is 10.1. The van der Waals surface area contributed by atoms with E-state index in [2.05, 4.69) is 25.3 Å². The van der Waals surface area contributed by atoms with Crippen LogP contribution in [0.1, 0.15) is 11.4 Å². The molecular weight excluding hydrogens is 380 g/mol. The molecule has 0 atom stereocenters. The molecule has 1 aromatic carbocycles. The van der Waals surface area contributed by atoms with Crippen LogP contribution in [0.25, 0.3) is 5.82 Å². The van der Waals surface area contributed by atoms with Crippen molar-refractivity contribution in [3.8, 4) is 11.6 Å². The maximum Gasteiger partial charge on any atom is 0.240 e. The average molecular weight is 402 g/mol. The molecule has 0 aliphatic heterocycles. The highest BCUT2D eigenvalue weighted by molar-refractivity contribution is 7.89. The highest BCUT2D eigenvalue weighted by atomic mass is 32.2. The van der Waals surface area contributed by atoms with Crippen molar-refractivity contribution in [1.29, 1.82) is 0 Å². The molecular formula is C18H22N6O3S. The van der Waals surface area contributed by atoms with Gasteiger partial charge in [0.2, 0.25) is 10.0 Å². The summed E-state index contributed by atoms with van der Waals surface area (Å²) in [5.74, 6) is 1.65. The zero-order valence-electron chi connectivity index (χ0n) is 15.9. The first-order chi connectivity index (χ1) is 13.4. The molecule has 148 valence electrons. The molecule has 0 spiro atoms. The van der Waals surface area contributed by atoms with Crippen molar-refractivity contribution in [3.63, 3.8) is 0 Å². The van der Waals surface area contributed by atoms with E-state index in [0.29, 0.717) is 23.9 Å². The van der Waals surface area contributed by atoms with Gasteiger partial charge in [0.25, 0.3) is 0 Å². The van der Waals surface area contributed by atoms with Gasteiger partial charge in [-0.05, 0) is 44.2 Å². The Kier molecular flexibility index (Phi) is 5.90. The van der Waals surface area contributed by atoms with Crippen molar-refractivity contribution in [1.82, 2.24) is 24.7 Å². The Balaban J connectivity index is 1.54. The quantitative estimate of drug-likeness (QED) is 0.552. The van der Waals surface area contributed by atoms with Crippen LogP contribution < -0.4 is 14.8 Å². The fourth-order valence-corrected chi connectivity index (χ4v) is 3.69. The van der Waals surface area contributed by atoms with Gasteiger partial charge in [0.05, 0.1) is 17.7 Å². The van der Waals surface area contributed by atoms with Gasteiger partial charge in [-0.25, -0.2) is 17.8 Å². The number of benzene rings is 1. The molecule has 0 unspecified atom stereocenters. The summed E-state index contributed by atoms with van der Waals surface area (Å²) >= 11 is 0. The van der Waals surface area contributed by atoms with E-state index in [-0.39, 0.29) is 11.4 Å². The number of methoxy groups -OCH3 is 1. The van der Waals surface area contributed by atoms with Gasteiger partial charge in [-0.1, -0.05) is 6.07 Å². The Morgan fingerprint density at radius 2 is 1.89 bits per heavy atom. The fraction of sp³-hybridized carbons (Fsp3) is 0.278. The number of hydrogen-bond acceptors (Lipinski definition) is 7. The molecule has 0 fully saturated rings. The van der Waals surface area contributed by atoms with E-state index < -0.39 is 10.0 Å². The Labute approximate surface area is 163 Å². The van der Waals surface area contributed by atoms with Crippen LogP contribution in [0.3, 0.4) is 0 Å². The van der Waals surface area contributed by atoms with E-state index >= 15 is 0 Å². The molecule has 0 saturated carbocycles. The zero-order chi connectivity index (χ0) is 20.1. The predicted molar refractivity (Wildman–Crippen MR) is 105 cm³/mol. The molecule has 10 heteroatoms. The first-order valence-electron chi connectivity index (χ1n) is 8.64. The average Bonchev–Trinajstić information content (AvgIpc) is 3.04. The molecule has 28 heavy (non-hydrogen) atoms. The highest BCUT2D eigenvalue weighted by Gasteiger charge is 2.14. The number of ether oxygens (including phenoxy) is 1. The molecule has 2 aromatic heterocycles. The number of anilines is 1. The number of nitrogens with one attached hydrogen (secondary N) is 2. The lowest BCUT2D eigenvalue weighted by Gasteiger charge is -2.09. The Morgan fingerprint density at radius 3 is 2.54 bits per heavy atom. The minimum Gasteiger partial charge on any atom is -0.497 e. The van der Waals surface area contributed by atoms with Gasteiger partial charge in [0.15, 0.2) is 5.82 Å². The van der Waals surface area contributed by atoms with E-state index in [4.69, 9.17) is 4.74 Å². The second-order valence-electron chi connectivity index (χ2n) is 6.12. The van der Waals surface area contributed by atoms with Gasteiger partial charge in [0, 0.05) is 24.8 Å². The molecule has 3 aromatic rings. The van der Waals surface area contributed by atoms with Crippen LogP contribution in [0, 0.1) is 13.8 Å². The lowest BCUT2D eigenvalue weighted by molar-refractivity contribution is 0.413. The highest BCUT2D eigenvalue weighted by Crippen LogP contribution is 2.16. The number of hydrogen-bond donors (Lipinski definition) is 2. The lowest BCUT2D eigenvalue weighted by atomic mass is 10.3. The van der Waals surface area contributed by atoms with Gasteiger partial charge < -0.3 is 10.1 Å². The summed E-state index contributed by atoms with van der Waals surface area (Å²) in [4.78, 5) is 0.154. The smallest absolute Gasteiger partial charge is 0.240 e. The third-order valence-corrected chi connectivity index (χ3v) is 5.41. The topological polar surface area (TPSA) is 111 Å². The second kappa shape index (κ2) is 8.36. The van der Waals surface area contributed by atoms with Crippen LogP contribution >= 0.6 is 0 Å². The van der Waals surface area contributed by atoms with Gasteiger partial charge in [-0.3, -0.25) is 0 Å². The number of sulfonamides is 1. The molecule has 0 aliphatic rings. The summed E-state index contributed by atoms with van der Waals surface area (Å²) in [5.41, 5.74) is 1.88. The van der Waals surface area contributed by atoms with Crippen molar-refractivity contribution in [2.75, 3.05) is 25.5 Å². The van der Waals surface area contributed by atoms with Crippen molar-refractivity contribution in [2.45, 2.75) is 18.7 Å². The van der Waals surface area contributed by atoms with Crippen LogP contribution in [0.5, 0.6) is 5.75 Å². The maximum atomic E-state index is 12.3. The lowest BCUT2D eigenvalue weighted by Crippen LogP contribution is -2.29. The van der Waals surface area contributed by atoms with Crippen molar-refractivity contribution < 1.29 is 13.2 Å². The monoisotopic (exact) mass is 402 g/mol. The fourth-order valence-electron chi connectivity index (χ4n) is 2.62. The van der Waals surface area contributed by atoms with Crippen LogP contribution in [0.4, 0.5) is 5.82 Å². The third kappa shape index (κ3) is 4.65. The summed E-state index contributed by atoms with van der Waals surface area (Å²) < 4.78 is 33.9. The van der Waals surface area contributed by atoms with E-state index in [1.807, 2.05) is 19.9 Å². The first kappa shape index (κ1) is 19.8. The predicted octanol–water partition coefficient (Wildman–Crippen LogP) is 1.68. The van der Waals surface area contributed by atoms with E-state index in [0.717, 1.165) is 11.4 Å². The van der Waals surface area contributed by atoms with Gasteiger partial charge in [0.1, 0.15) is 11.6 Å². The summed E-state index contributed by atoms with van der Waals surface area (Å²) in [6.45, 7) is 4.42. The molecule has 0 amide bonds. The number of rotatable bonds is 8. The summed E-state index contributed by atoms with van der Waals surface area (Å²) in [5, 5.41) is 15.7. The SMILES string of the molecule is COc1cccc(S(=O)(=O)NCCNc2ccc(-n3nc(C)cc3C)nn2)c1. The van der Waals surface area contributed by atoms with E-state index in [9.17, 15) is 8.42 Å². The zero-order valence-corrected chi connectivity index (χ0v) is 16.7. The molecule has 0 bridgehead atoms. The minimum absolute atomic E-state index is 0.154. The van der Waals surface area contributed by atoms with Crippen molar-refractivity contribution in [3.05, 3.63) is 53.9 Å². The molecule has 3 rings (SSSR count). The molecule has 2 N–H and O–H groups in total. The minimum atomic E-state index is -3.61. The van der Waals surface area contributed by atoms with Gasteiger partial charge >= 0.3 is 0 Å². The van der Waals surface area contributed by atoms with Crippen LogP contribution in [0.2, 0.25) is 0 Å². The number of aryl methyl sites for hydroxylation is 2. The molecule has 0 radical (unpaired) electrons. The molecule has 0 aliphatic carbocycles. The molecule has 0 saturated heterocycles. The number of aromatic nitrogens is 4. The standard InChI is InChI=1S/C18H22N6O3S/c1-13-11-14(2)24(23-13)18-8-7-17(21-22-18)19-9-10-20-28(25,26)16-6-4-5-15(12-16)27-3/h4-8,11-12,20H,9-10H2,1-3H3,(H,19,21). The maximum absolute atomic E-state index is 12.3. The molecule has 2 heterocycles. The summed E-state index contributed by atoms with van der Waals surface area (Å²) in [6, 6.07) is 11.8. The van der Waals surface area contributed by atoms with Crippen molar-refractivity contribution in [2.24, 2.45) is 0 Å². The molecule has 9 nitrogen and oxygen atoms in total. The van der Waals surface area contributed by atoms with Gasteiger partial charge in [-0.15, -0.1) is 10.2 Å². The van der Waals surface area contributed by atoms with E-state index in [1.54, 1.807) is 28.9 Å². The largest absolute Gasteiger partial charge is 0.497 e. The van der Waals surface area contributed by atoms with E-state index in [1.165, 1.54) is 19.2 Å². The van der Waals surface area contributed by atoms with Crippen LogP contribution in [-0.4, -0.2) is 48.6 Å². The van der Waals surface area contributed by atoms with Gasteiger partial charge in [-0.2, -0.15) is 5.10 Å². The summed E-state index contributed by atoms with van der Waals surface area (Å²) in [7, 11) is -2.12. The van der Waals surface area contributed by atoms with Crippen LogP contribution in [-0.2, 0) is 10.0 Å². The number of nitrogens with zero attached hydrogens (tertiary/aromatic N) is 4. The normalized spacial score (nSPS) is 11.4. The Morgan fingerprint density at radius 1 is 1.07 bits per heavy atom. The third-order valence-electron chi connectivity index (χ3n) is 3.95. The van der Waals surface area contributed by atoms with Crippen LogP contribution in [0.15, 0.2) is 47.4 Å². The summed E-state index contributed by atoms with van der Waals surface area (Å²) in [6.07, 6.45) is 0.